The zero-order valence-electron chi connectivity index (χ0n) is 12.9. The smallest absolute Gasteiger partial charge is 0.254 e. The van der Waals surface area contributed by atoms with E-state index >= 15 is 0 Å². The van der Waals surface area contributed by atoms with Crippen LogP contribution in [-0.4, -0.2) is 28.0 Å². The average molecular weight is 333 g/mol. The van der Waals surface area contributed by atoms with Crippen molar-refractivity contribution in [1.29, 1.82) is 0 Å². The van der Waals surface area contributed by atoms with Crippen LogP contribution in [0.5, 0.6) is 5.88 Å². The molecule has 0 bridgehead atoms. The lowest BCUT2D eigenvalue weighted by molar-refractivity contribution is 0.0886. The van der Waals surface area contributed by atoms with Crippen LogP contribution >= 0.6 is 0 Å². The van der Waals surface area contributed by atoms with E-state index in [0.29, 0.717) is 11.9 Å². The number of nitrogens with zero attached hydrogens (tertiary/aromatic N) is 2. The molecule has 1 amide bonds. The van der Waals surface area contributed by atoms with Gasteiger partial charge in [0.1, 0.15) is 17.7 Å². The lowest BCUT2D eigenvalue weighted by Crippen LogP contribution is -2.40. The third-order valence-corrected chi connectivity index (χ3v) is 4.01. The van der Waals surface area contributed by atoms with Crippen LogP contribution in [0.2, 0.25) is 0 Å². The molecule has 0 spiro atoms. The topological polar surface area (TPSA) is 64.1 Å². The first-order chi connectivity index (χ1) is 11.6. The third-order valence-electron chi connectivity index (χ3n) is 4.01. The van der Waals surface area contributed by atoms with Gasteiger partial charge in [0.05, 0.1) is 11.8 Å². The molecule has 0 atom stereocenters. The summed E-state index contributed by atoms with van der Waals surface area (Å²) in [4.78, 5) is 20.1. The molecule has 1 aliphatic rings. The second-order valence-electron chi connectivity index (χ2n) is 5.73. The van der Waals surface area contributed by atoms with E-state index in [0.717, 1.165) is 37.8 Å². The van der Waals surface area contributed by atoms with Crippen LogP contribution in [-0.2, 0) is 0 Å². The number of carbonyl (C=O) groups excluding carboxylic acids is 1. The highest BCUT2D eigenvalue weighted by atomic mass is 19.1. The SMILES string of the molecule is O=C(NC1CCC(Oc2cnccn2)CC1)c1ccc(F)cc1F. The van der Waals surface area contributed by atoms with Gasteiger partial charge >= 0.3 is 0 Å². The summed E-state index contributed by atoms with van der Waals surface area (Å²) in [5, 5.41) is 2.79. The third kappa shape index (κ3) is 4.04. The van der Waals surface area contributed by atoms with Gasteiger partial charge in [-0.15, -0.1) is 0 Å². The largest absolute Gasteiger partial charge is 0.473 e. The summed E-state index contributed by atoms with van der Waals surface area (Å²) in [6.45, 7) is 0. The molecule has 1 aliphatic carbocycles. The van der Waals surface area contributed by atoms with Gasteiger partial charge in [-0.25, -0.2) is 13.8 Å². The molecular formula is C17H17F2N3O2. The van der Waals surface area contributed by atoms with E-state index in [9.17, 15) is 13.6 Å². The predicted molar refractivity (Wildman–Crippen MR) is 82.5 cm³/mol. The van der Waals surface area contributed by atoms with Crippen molar-refractivity contribution in [3.05, 3.63) is 54.0 Å². The van der Waals surface area contributed by atoms with Gasteiger partial charge in [0.15, 0.2) is 0 Å². The zero-order chi connectivity index (χ0) is 16.9. The van der Waals surface area contributed by atoms with E-state index < -0.39 is 17.5 Å². The number of aromatic nitrogens is 2. The van der Waals surface area contributed by atoms with Gasteiger partial charge in [0.2, 0.25) is 5.88 Å². The number of nitrogens with one attached hydrogen (secondary N) is 1. The van der Waals surface area contributed by atoms with Crippen molar-refractivity contribution >= 4 is 5.91 Å². The maximum atomic E-state index is 13.6. The van der Waals surface area contributed by atoms with Gasteiger partial charge in [-0.1, -0.05) is 0 Å². The van der Waals surface area contributed by atoms with Gasteiger partial charge in [-0.05, 0) is 37.8 Å². The molecule has 24 heavy (non-hydrogen) atoms. The summed E-state index contributed by atoms with van der Waals surface area (Å²) in [6, 6.07) is 2.89. The Hall–Kier alpha value is -2.57. The van der Waals surface area contributed by atoms with Gasteiger partial charge in [-0.3, -0.25) is 9.78 Å². The highest BCUT2D eigenvalue weighted by molar-refractivity contribution is 5.94. The molecule has 1 heterocycles. The van der Waals surface area contributed by atoms with Crippen LogP contribution in [0.15, 0.2) is 36.8 Å². The summed E-state index contributed by atoms with van der Waals surface area (Å²) >= 11 is 0. The maximum Gasteiger partial charge on any atom is 0.254 e. The van der Waals surface area contributed by atoms with E-state index in [-0.39, 0.29) is 17.7 Å². The van der Waals surface area contributed by atoms with Crippen molar-refractivity contribution in [2.24, 2.45) is 0 Å². The highest BCUT2D eigenvalue weighted by Gasteiger charge is 2.25. The molecule has 0 saturated heterocycles. The average Bonchev–Trinajstić information content (AvgIpc) is 2.57. The standard InChI is InChI=1S/C17H17F2N3O2/c18-11-1-6-14(15(19)9-11)17(23)22-12-2-4-13(5-3-12)24-16-10-20-7-8-21-16/h1,6-10,12-13H,2-5H2,(H,22,23). The Kier molecular flexibility index (Phi) is 4.98. The van der Waals surface area contributed by atoms with Crippen LogP contribution in [0.25, 0.3) is 0 Å². The Labute approximate surface area is 138 Å². The van der Waals surface area contributed by atoms with Gasteiger partial charge < -0.3 is 10.1 Å². The number of rotatable bonds is 4. The molecule has 1 N–H and O–H groups in total. The van der Waals surface area contributed by atoms with Gasteiger partial charge in [0, 0.05) is 24.5 Å². The van der Waals surface area contributed by atoms with E-state index in [1.54, 1.807) is 18.6 Å². The Bertz CT molecular complexity index is 704. The normalized spacial score (nSPS) is 20.4. The number of halogens is 2. The van der Waals surface area contributed by atoms with Crippen molar-refractivity contribution < 1.29 is 18.3 Å². The fourth-order valence-electron chi connectivity index (χ4n) is 2.78. The molecule has 0 aliphatic heterocycles. The number of hydrogen-bond donors (Lipinski definition) is 1. The number of amides is 1. The lowest BCUT2D eigenvalue weighted by Gasteiger charge is -2.29. The fraction of sp³-hybridized carbons (Fsp3) is 0.353. The number of ether oxygens (including phenoxy) is 1. The van der Waals surface area contributed by atoms with Crippen LogP contribution in [0.4, 0.5) is 8.78 Å². The first-order valence-electron chi connectivity index (χ1n) is 7.80. The van der Waals surface area contributed by atoms with Crippen LogP contribution in [0.3, 0.4) is 0 Å². The van der Waals surface area contributed by atoms with E-state index in [4.69, 9.17) is 4.74 Å². The molecule has 0 unspecified atom stereocenters. The molecule has 5 nitrogen and oxygen atoms in total. The van der Waals surface area contributed by atoms with Crippen LogP contribution in [0, 0.1) is 11.6 Å². The van der Waals surface area contributed by atoms with Crippen LogP contribution < -0.4 is 10.1 Å². The van der Waals surface area contributed by atoms with Crippen molar-refractivity contribution in [2.45, 2.75) is 37.8 Å². The molecule has 126 valence electrons. The molecule has 1 aromatic heterocycles. The summed E-state index contributed by atoms with van der Waals surface area (Å²) in [5.74, 6) is -1.60. The lowest BCUT2D eigenvalue weighted by atomic mass is 9.92. The van der Waals surface area contributed by atoms with E-state index in [1.165, 1.54) is 0 Å². The molecule has 1 aromatic carbocycles. The molecule has 1 saturated carbocycles. The number of hydrogen-bond acceptors (Lipinski definition) is 4. The Morgan fingerprint density at radius 2 is 1.96 bits per heavy atom. The first-order valence-corrected chi connectivity index (χ1v) is 7.80. The second-order valence-corrected chi connectivity index (χ2v) is 5.73. The zero-order valence-corrected chi connectivity index (χ0v) is 12.9. The monoisotopic (exact) mass is 333 g/mol. The summed E-state index contributed by atoms with van der Waals surface area (Å²) in [5.41, 5.74) is -0.144. The van der Waals surface area contributed by atoms with Crippen molar-refractivity contribution in [3.63, 3.8) is 0 Å². The molecule has 2 aromatic rings. The minimum Gasteiger partial charge on any atom is -0.473 e. The summed E-state index contributed by atoms with van der Waals surface area (Å²) < 4.78 is 32.3. The summed E-state index contributed by atoms with van der Waals surface area (Å²) in [6.07, 6.45) is 7.69. The van der Waals surface area contributed by atoms with Crippen molar-refractivity contribution in [3.8, 4) is 5.88 Å². The maximum absolute atomic E-state index is 13.6. The van der Waals surface area contributed by atoms with Gasteiger partial charge in [0.25, 0.3) is 5.91 Å². The Balaban J connectivity index is 1.51. The molecule has 7 heteroatoms. The Morgan fingerprint density at radius 1 is 1.17 bits per heavy atom. The van der Waals surface area contributed by atoms with Gasteiger partial charge in [-0.2, -0.15) is 0 Å². The molecular weight excluding hydrogens is 316 g/mol. The number of benzene rings is 1. The highest BCUT2D eigenvalue weighted by Crippen LogP contribution is 2.23. The molecule has 0 radical (unpaired) electrons. The Morgan fingerprint density at radius 3 is 2.62 bits per heavy atom. The van der Waals surface area contributed by atoms with E-state index in [2.05, 4.69) is 15.3 Å². The van der Waals surface area contributed by atoms with Crippen LogP contribution in [0.1, 0.15) is 36.0 Å². The molecule has 3 rings (SSSR count). The number of carbonyl (C=O) groups is 1. The fourth-order valence-corrected chi connectivity index (χ4v) is 2.78. The first kappa shape index (κ1) is 16.3. The van der Waals surface area contributed by atoms with Crippen molar-refractivity contribution in [2.75, 3.05) is 0 Å². The van der Waals surface area contributed by atoms with E-state index in [1.807, 2.05) is 0 Å². The second kappa shape index (κ2) is 7.33. The van der Waals surface area contributed by atoms with Crippen molar-refractivity contribution in [1.82, 2.24) is 15.3 Å². The summed E-state index contributed by atoms with van der Waals surface area (Å²) in [7, 11) is 0. The predicted octanol–water partition coefficient (Wildman–Crippen LogP) is 2.87. The minimum atomic E-state index is -0.854. The quantitative estimate of drug-likeness (QED) is 0.934. The minimum absolute atomic E-state index is 0.0254. The molecule has 1 fully saturated rings.